The van der Waals surface area contributed by atoms with Gasteiger partial charge < -0.3 is 0 Å². The topological polar surface area (TPSA) is 53.5 Å². The summed E-state index contributed by atoms with van der Waals surface area (Å²) in [5.74, 6) is 0. The van der Waals surface area contributed by atoms with E-state index in [2.05, 4.69) is 9.88 Å². The molecule has 2 saturated heterocycles. The molecule has 5 nitrogen and oxygen atoms in total. The van der Waals surface area contributed by atoms with E-state index < -0.39 is 10.0 Å². The highest BCUT2D eigenvalue weighted by Crippen LogP contribution is 2.28. The average Bonchev–Trinajstić information content (AvgIpc) is 3.11. The van der Waals surface area contributed by atoms with Gasteiger partial charge >= 0.3 is 0 Å². The molecule has 0 saturated carbocycles. The molecule has 0 aromatic carbocycles. The van der Waals surface area contributed by atoms with Crippen LogP contribution in [0.3, 0.4) is 0 Å². The Morgan fingerprint density at radius 3 is 2.57 bits per heavy atom. The van der Waals surface area contributed by atoms with Gasteiger partial charge in [-0.25, -0.2) is 13.4 Å². The van der Waals surface area contributed by atoms with E-state index in [1.165, 1.54) is 29.4 Å². The van der Waals surface area contributed by atoms with E-state index in [1.54, 1.807) is 0 Å². The molecule has 1 aromatic rings. The van der Waals surface area contributed by atoms with Gasteiger partial charge in [-0.3, -0.25) is 4.90 Å². The number of rotatable bonds is 3. The molecule has 21 heavy (non-hydrogen) atoms. The molecule has 2 fully saturated rings. The number of hydrogen-bond acceptors (Lipinski definition) is 4. The Bertz CT molecular complexity index is 632. The number of hydrogen-bond donors (Lipinski definition) is 0. The monoisotopic (exact) mass is 349 g/mol. The molecule has 8 heteroatoms. The molecule has 3 heterocycles. The third-order valence-corrected chi connectivity index (χ3v) is 6.71. The maximum Gasteiger partial charge on any atom is 0.244 e. The second-order valence-electron chi connectivity index (χ2n) is 5.49. The van der Waals surface area contributed by atoms with Crippen molar-refractivity contribution in [2.24, 2.45) is 0 Å². The van der Waals surface area contributed by atoms with Gasteiger partial charge in [0.15, 0.2) is 0 Å². The SMILES string of the molecule is O=S(=O)(c1cnc(Cl)c(Cl)c1)N1CCC(N2CCCC2)C1. The molecule has 1 unspecified atom stereocenters. The normalized spacial score (nSPS) is 24.8. The van der Waals surface area contributed by atoms with E-state index >= 15 is 0 Å². The zero-order valence-corrected chi connectivity index (χ0v) is 13.8. The third kappa shape index (κ3) is 3.05. The van der Waals surface area contributed by atoms with Crippen LogP contribution in [0.2, 0.25) is 10.2 Å². The van der Waals surface area contributed by atoms with Crippen LogP contribution in [0.25, 0.3) is 0 Å². The van der Waals surface area contributed by atoms with Crippen molar-refractivity contribution in [2.75, 3.05) is 26.2 Å². The van der Waals surface area contributed by atoms with Crippen LogP contribution in [0, 0.1) is 0 Å². The summed E-state index contributed by atoms with van der Waals surface area (Å²) >= 11 is 11.6. The molecule has 2 aliphatic heterocycles. The Morgan fingerprint density at radius 2 is 1.90 bits per heavy atom. The van der Waals surface area contributed by atoms with Crippen molar-refractivity contribution < 1.29 is 8.42 Å². The van der Waals surface area contributed by atoms with E-state index in [0.29, 0.717) is 19.1 Å². The van der Waals surface area contributed by atoms with Crippen molar-refractivity contribution >= 4 is 33.2 Å². The summed E-state index contributed by atoms with van der Waals surface area (Å²) in [6, 6.07) is 1.70. The fraction of sp³-hybridized carbons (Fsp3) is 0.615. The van der Waals surface area contributed by atoms with E-state index in [-0.39, 0.29) is 15.1 Å². The van der Waals surface area contributed by atoms with E-state index in [4.69, 9.17) is 23.2 Å². The minimum atomic E-state index is -3.54. The Labute approximate surface area is 134 Å². The van der Waals surface area contributed by atoms with E-state index in [1.807, 2.05) is 0 Å². The molecule has 0 bridgehead atoms. The lowest BCUT2D eigenvalue weighted by Gasteiger charge is -2.23. The van der Waals surface area contributed by atoms with Crippen LogP contribution < -0.4 is 0 Å². The predicted octanol–water partition coefficient (Wildman–Crippen LogP) is 2.25. The quantitative estimate of drug-likeness (QED) is 0.785. The smallest absolute Gasteiger partial charge is 0.244 e. The van der Waals surface area contributed by atoms with Crippen molar-refractivity contribution in [1.29, 1.82) is 0 Å². The first kappa shape index (κ1) is 15.5. The summed E-state index contributed by atoms with van der Waals surface area (Å²) < 4.78 is 26.8. The lowest BCUT2D eigenvalue weighted by Crippen LogP contribution is -2.37. The Kier molecular flexibility index (Phi) is 4.43. The highest BCUT2D eigenvalue weighted by molar-refractivity contribution is 7.89. The van der Waals surface area contributed by atoms with Gasteiger partial charge in [-0.2, -0.15) is 4.31 Å². The van der Waals surface area contributed by atoms with Crippen molar-refractivity contribution in [3.63, 3.8) is 0 Å². The number of sulfonamides is 1. The number of likely N-dealkylation sites (tertiary alicyclic amines) is 1. The van der Waals surface area contributed by atoms with Crippen molar-refractivity contribution in [3.05, 3.63) is 22.4 Å². The zero-order chi connectivity index (χ0) is 15.0. The number of halogens is 2. The van der Waals surface area contributed by atoms with Gasteiger partial charge in [0.1, 0.15) is 10.0 Å². The second kappa shape index (κ2) is 6.01. The first-order valence-electron chi connectivity index (χ1n) is 7.04. The van der Waals surface area contributed by atoms with Gasteiger partial charge in [0.05, 0.1) is 5.02 Å². The zero-order valence-electron chi connectivity index (χ0n) is 11.5. The molecule has 0 amide bonds. The van der Waals surface area contributed by atoms with Crippen molar-refractivity contribution in [1.82, 2.24) is 14.2 Å². The molecule has 116 valence electrons. The van der Waals surface area contributed by atoms with Crippen LogP contribution in [0.5, 0.6) is 0 Å². The Morgan fingerprint density at radius 1 is 1.19 bits per heavy atom. The molecule has 0 spiro atoms. The predicted molar refractivity (Wildman–Crippen MR) is 82.2 cm³/mol. The van der Waals surface area contributed by atoms with Crippen molar-refractivity contribution in [3.8, 4) is 0 Å². The van der Waals surface area contributed by atoms with Crippen LogP contribution in [-0.2, 0) is 10.0 Å². The lowest BCUT2D eigenvalue weighted by atomic mass is 10.2. The number of aromatic nitrogens is 1. The molecule has 1 atom stereocenters. The summed E-state index contributed by atoms with van der Waals surface area (Å²) in [5.41, 5.74) is 0. The molecular formula is C13H17Cl2N3O2S. The van der Waals surface area contributed by atoms with Gasteiger partial charge in [0.25, 0.3) is 0 Å². The molecule has 0 radical (unpaired) electrons. The highest BCUT2D eigenvalue weighted by Gasteiger charge is 2.36. The largest absolute Gasteiger partial charge is 0.299 e. The van der Waals surface area contributed by atoms with Crippen LogP contribution in [0.4, 0.5) is 0 Å². The second-order valence-corrected chi connectivity index (χ2v) is 8.20. The van der Waals surface area contributed by atoms with Crippen LogP contribution >= 0.6 is 23.2 Å². The highest BCUT2D eigenvalue weighted by atomic mass is 35.5. The lowest BCUT2D eigenvalue weighted by molar-refractivity contribution is 0.251. The van der Waals surface area contributed by atoms with Gasteiger partial charge in [-0.15, -0.1) is 0 Å². The van der Waals surface area contributed by atoms with Gasteiger partial charge in [-0.05, 0) is 38.4 Å². The summed E-state index contributed by atoms with van der Waals surface area (Å²) in [5, 5.41) is 0.278. The minimum Gasteiger partial charge on any atom is -0.299 e. The molecule has 0 aliphatic carbocycles. The fourth-order valence-electron chi connectivity index (χ4n) is 3.03. The summed E-state index contributed by atoms with van der Waals surface area (Å²) in [6.45, 7) is 3.24. The third-order valence-electron chi connectivity index (χ3n) is 4.19. The Balaban J connectivity index is 1.77. The summed E-state index contributed by atoms with van der Waals surface area (Å²) in [6.07, 6.45) is 4.57. The molecule has 0 N–H and O–H groups in total. The fourth-order valence-corrected chi connectivity index (χ4v) is 4.83. The summed E-state index contributed by atoms with van der Waals surface area (Å²) in [7, 11) is -3.54. The average molecular weight is 350 g/mol. The van der Waals surface area contributed by atoms with Crippen LogP contribution in [-0.4, -0.2) is 54.8 Å². The van der Waals surface area contributed by atoms with Gasteiger partial charge in [0, 0.05) is 25.3 Å². The molecule has 2 aliphatic rings. The standard InChI is InChI=1S/C13H17Cl2N3O2S/c14-12-7-11(8-16-13(12)15)21(19,20)18-6-3-10(9-18)17-4-1-2-5-17/h7-8,10H,1-6,9H2. The Hall–Kier alpha value is -0.400. The summed E-state index contributed by atoms with van der Waals surface area (Å²) in [4.78, 5) is 6.33. The first-order chi connectivity index (χ1) is 9.98. The van der Waals surface area contributed by atoms with E-state index in [9.17, 15) is 8.42 Å². The van der Waals surface area contributed by atoms with Gasteiger partial charge in [0.2, 0.25) is 10.0 Å². The number of pyridine rings is 1. The molecule has 1 aromatic heterocycles. The number of nitrogens with zero attached hydrogens (tertiary/aromatic N) is 3. The minimum absolute atomic E-state index is 0.110. The van der Waals surface area contributed by atoms with E-state index in [0.717, 1.165) is 19.5 Å². The maximum atomic E-state index is 12.6. The molecular weight excluding hydrogens is 333 g/mol. The van der Waals surface area contributed by atoms with Crippen molar-refractivity contribution in [2.45, 2.75) is 30.2 Å². The van der Waals surface area contributed by atoms with Gasteiger partial charge in [-0.1, -0.05) is 23.2 Å². The van der Waals surface area contributed by atoms with Crippen LogP contribution in [0.15, 0.2) is 17.2 Å². The van der Waals surface area contributed by atoms with Crippen LogP contribution in [0.1, 0.15) is 19.3 Å². The molecule has 3 rings (SSSR count). The first-order valence-corrected chi connectivity index (χ1v) is 9.23. The maximum absolute atomic E-state index is 12.6.